The van der Waals surface area contributed by atoms with E-state index in [0.29, 0.717) is 12.0 Å². The second-order valence-electron chi connectivity index (χ2n) is 8.88. The van der Waals surface area contributed by atoms with Gasteiger partial charge in [-0.3, -0.25) is 20.4 Å². The zero-order valence-corrected chi connectivity index (χ0v) is 16.2. The third-order valence-corrected chi connectivity index (χ3v) is 6.58. The monoisotopic (exact) mass is 404 g/mol. The van der Waals surface area contributed by atoms with Gasteiger partial charge in [-0.25, -0.2) is 0 Å². The van der Waals surface area contributed by atoms with Crippen molar-refractivity contribution in [1.29, 1.82) is 0 Å². The molecule has 5 rings (SSSR count). The summed E-state index contributed by atoms with van der Waals surface area (Å²) in [6.07, 6.45) is 10.3. The molecule has 0 aromatic heterocycles. The summed E-state index contributed by atoms with van der Waals surface area (Å²) in [6.45, 7) is -2.94. The molecule has 0 saturated heterocycles. The first-order valence-electron chi connectivity index (χ1n) is 10.2. The Labute approximate surface area is 168 Å². The lowest BCUT2D eigenvalue weighted by Crippen LogP contribution is -2.49. The van der Waals surface area contributed by atoms with Crippen molar-refractivity contribution in [2.24, 2.45) is 23.2 Å². The summed E-state index contributed by atoms with van der Waals surface area (Å²) in [6, 6.07) is 6.19. The molecular formula is C22H26F2N2O3. The van der Waals surface area contributed by atoms with Gasteiger partial charge in [0.25, 0.3) is 5.91 Å². The van der Waals surface area contributed by atoms with Gasteiger partial charge in [-0.15, -0.1) is 0 Å². The fourth-order valence-corrected chi connectivity index (χ4v) is 6.05. The van der Waals surface area contributed by atoms with Gasteiger partial charge in [-0.1, -0.05) is 18.2 Å². The number of hydrazine groups is 1. The predicted molar refractivity (Wildman–Crippen MR) is 104 cm³/mol. The molecule has 0 aliphatic heterocycles. The Kier molecular flexibility index (Phi) is 5.56. The van der Waals surface area contributed by atoms with Crippen molar-refractivity contribution >= 4 is 17.9 Å². The zero-order valence-electron chi connectivity index (χ0n) is 16.2. The van der Waals surface area contributed by atoms with Crippen molar-refractivity contribution in [3.8, 4) is 5.75 Å². The molecule has 7 heteroatoms. The smallest absolute Gasteiger partial charge is 0.387 e. The molecule has 2 amide bonds. The fourth-order valence-electron chi connectivity index (χ4n) is 6.05. The van der Waals surface area contributed by atoms with Crippen molar-refractivity contribution in [1.82, 2.24) is 10.9 Å². The number of hydrogen-bond acceptors (Lipinski definition) is 3. The van der Waals surface area contributed by atoms with Gasteiger partial charge < -0.3 is 4.74 Å². The van der Waals surface area contributed by atoms with Crippen LogP contribution in [0.1, 0.15) is 50.5 Å². The van der Waals surface area contributed by atoms with E-state index in [1.807, 2.05) is 0 Å². The molecule has 5 nitrogen and oxygen atoms in total. The molecule has 0 spiro atoms. The average molecular weight is 404 g/mol. The second kappa shape index (κ2) is 8.13. The van der Waals surface area contributed by atoms with Crippen LogP contribution in [0.4, 0.5) is 8.78 Å². The molecule has 2 N–H and O–H groups in total. The Morgan fingerprint density at radius 2 is 1.69 bits per heavy atom. The van der Waals surface area contributed by atoms with Gasteiger partial charge in [0, 0.05) is 18.1 Å². The Morgan fingerprint density at radius 3 is 2.31 bits per heavy atom. The summed E-state index contributed by atoms with van der Waals surface area (Å²) >= 11 is 0. The van der Waals surface area contributed by atoms with Crippen molar-refractivity contribution < 1.29 is 23.1 Å². The Bertz CT molecular complexity index is 774. The maximum absolute atomic E-state index is 12.4. The molecule has 4 bridgehead atoms. The summed E-state index contributed by atoms with van der Waals surface area (Å²) < 4.78 is 29.3. The normalized spacial score (nSPS) is 30.0. The van der Waals surface area contributed by atoms with Crippen molar-refractivity contribution in [3.05, 3.63) is 35.9 Å². The van der Waals surface area contributed by atoms with Gasteiger partial charge in [-0.05, 0) is 73.8 Å². The Morgan fingerprint density at radius 1 is 1.07 bits per heavy atom. The summed E-state index contributed by atoms with van der Waals surface area (Å²) in [4.78, 5) is 24.4. The van der Waals surface area contributed by atoms with Crippen LogP contribution in [0.15, 0.2) is 30.3 Å². The van der Waals surface area contributed by atoms with Crippen LogP contribution in [0.25, 0.3) is 6.08 Å². The van der Waals surface area contributed by atoms with Crippen molar-refractivity contribution in [2.45, 2.75) is 51.6 Å². The average Bonchev–Trinajstić information content (AvgIpc) is 2.64. The molecule has 0 atom stereocenters. The summed E-state index contributed by atoms with van der Waals surface area (Å²) in [5.74, 6) is 1.58. The number of amides is 2. The lowest BCUT2D eigenvalue weighted by Gasteiger charge is -2.56. The minimum Gasteiger partial charge on any atom is -0.434 e. The molecule has 0 unspecified atom stereocenters. The molecule has 0 heterocycles. The SMILES string of the molecule is O=C(/C=C/c1ccccc1OC(F)F)NNC(=O)CC12CC3CC(CC(C3)C1)C2. The van der Waals surface area contributed by atoms with Gasteiger partial charge in [0.15, 0.2) is 0 Å². The maximum atomic E-state index is 12.4. The van der Waals surface area contributed by atoms with Gasteiger partial charge in [0.1, 0.15) is 5.75 Å². The minimum atomic E-state index is -2.94. The summed E-state index contributed by atoms with van der Waals surface area (Å²) in [5.41, 5.74) is 5.33. The number of halogens is 2. The maximum Gasteiger partial charge on any atom is 0.387 e. The first-order chi connectivity index (χ1) is 13.9. The van der Waals surface area contributed by atoms with Crippen LogP contribution >= 0.6 is 0 Å². The number of nitrogens with one attached hydrogen (secondary N) is 2. The third kappa shape index (κ3) is 4.77. The van der Waals surface area contributed by atoms with E-state index >= 15 is 0 Å². The van der Waals surface area contributed by atoms with Crippen LogP contribution in [0.2, 0.25) is 0 Å². The van der Waals surface area contributed by atoms with Gasteiger partial charge in [0.2, 0.25) is 5.91 Å². The van der Waals surface area contributed by atoms with E-state index in [9.17, 15) is 18.4 Å². The second-order valence-corrected chi connectivity index (χ2v) is 8.88. The topological polar surface area (TPSA) is 67.4 Å². The van der Waals surface area contributed by atoms with Crippen molar-refractivity contribution in [3.63, 3.8) is 0 Å². The molecule has 4 aliphatic carbocycles. The molecule has 0 radical (unpaired) electrons. The number of benzene rings is 1. The number of hydrogen-bond donors (Lipinski definition) is 2. The van der Waals surface area contributed by atoms with Gasteiger partial charge in [0.05, 0.1) is 0 Å². The number of para-hydroxylation sites is 1. The highest BCUT2D eigenvalue weighted by Crippen LogP contribution is 2.61. The van der Waals surface area contributed by atoms with Crippen LogP contribution in [-0.4, -0.2) is 18.4 Å². The first kappa shape index (κ1) is 19.9. The molecule has 1 aromatic carbocycles. The van der Waals surface area contributed by atoms with E-state index in [-0.39, 0.29) is 17.1 Å². The standard InChI is InChI=1S/C22H26F2N2O3/c23-21(24)29-18-4-2-1-3-17(18)5-6-19(27)25-26-20(28)13-22-10-14-7-15(11-22)9-16(8-14)12-22/h1-6,14-16,21H,7-13H2,(H,25,27)(H,26,28)/b6-5+. The Hall–Kier alpha value is -2.44. The molecular weight excluding hydrogens is 378 g/mol. The molecule has 4 saturated carbocycles. The van der Waals surface area contributed by atoms with Gasteiger partial charge >= 0.3 is 6.61 Å². The highest BCUT2D eigenvalue weighted by Gasteiger charge is 2.51. The quantitative estimate of drug-likeness (QED) is 0.555. The van der Waals surface area contributed by atoms with Crippen molar-refractivity contribution in [2.75, 3.05) is 0 Å². The van der Waals surface area contributed by atoms with E-state index in [4.69, 9.17) is 0 Å². The minimum absolute atomic E-state index is 0.0163. The highest BCUT2D eigenvalue weighted by atomic mass is 19.3. The largest absolute Gasteiger partial charge is 0.434 e. The van der Waals surface area contributed by atoms with Gasteiger partial charge in [-0.2, -0.15) is 8.78 Å². The van der Waals surface area contributed by atoms with E-state index < -0.39 is 12.5 Å². The van der Waals surface area contributed by atoms with Crippen LogP contribution in [0.5, 0.6) is 5.75 Å². The zero-order chi connectivity index (χ0) is 20.4. The first-order valence-corrected chi connectivity index (χ1v) is 10.2. The number of alkyl halides is 2. The molecule has 156 valence electrons. The number of carbonyl (C=O) groups is 2. The Balaban J connectivity index is 1.28. The van der Waals surface area contributed by atoms with E-state index in [2.05, 4.69) is 15.6 Å². The van der Waals surface area contributed by atoms with Crippen LogP contribution < -0.4 is 15.6 Å². The predicted octanol–water partition coefficient (Wildman–Crippen LogP) is 4.06. The lowest BCUT2D eigenvalue weighted by molar-refractivity contribution is -0.133. The van der Waals surface area contributed by atoms with Crippen LogP contribution in [0, 0.1) is 23.2 Å². The highest BCUT2D eigenvalue weighted by molar-refractivity contribution is 5.93. The third-order valence-electron chi connectivity index (χ3n) is 6.58. The number of rotatable bonds is 6. The summed E-state index contributed by atoms with van der Waals surface area (Å²) in [5, 5.41) is 0. The molecule has 4 aliphatic rings. The molecule has 1 aromatic rings. The lowest BCUT2D eigenvalue weighted by atomic mass is 9.49. The molecule has 4 fully saturated rings. The number of ether oxygens (including phenoxy) is 1. The summed E-state index contributed by atoms with van der Waals surface area (Å²) in [7, 11) is 0. The fraction of sp³-hybridized carbons (Fsp3) is 0.545. The van der Waals surface area contributed by atoms with Crippen LogP contribution in [0.3, 0.4) is 0 Å². The molecule has 29 heavy (non-hydrogen) atoms. The number of carbonyl (C=O) groups excluding carboxylic acids is 2. The van der Waals surface area contributed by atoms with Crippen LogP contribution in [-0.2, 0) is 9.59 Å². The van der Waals surface area contributed by atoms with E-state index in [1.54, 1.807) is 18.2 Å². The van der Waals surface area contributed by atoms with E-state index in [0.717, 1.165) is 37.0 Å². The van der Waals surface area contributed by atoms with E-state index in [1.165, 1.54) is 37.5 Å².